The minimum absolute atomic E-state index is 0.0115. The molecule has 418 valence electrons. The Kier molecular flexibility index (Phi) is 18.4. The summed E-state index contributed by atoms with van der Waals surface area (Å²) in [4.78, 5) is 39.4. The summed E-state index contributed by atoms with van der Waals surface area (Å²) >= 11 is 0. The Balaban J connectivity index is 1.12. The van der Waals surface area contributed by atoms with Gasteiger partial charge in [0.2, 0.25) is 18.6 Å². The van der Waals surface area contributed by atoms with Gasteiger partial charge in [-0.25, -0.2) is 9.65 Å². The van der Waals surface area contributed by atoms with Gasteiger partial charge in [-0.15, -0.1) is 0 Å². The summed E-state index contributed by atoms with van der Waals surface area (Å²) in [6.07, 6.45) is -1.39. The molecule has 80 heavy (non-hydrogen) atoms. The van der Waals surface area contributed by atoms with Gasteiger partial charge in [-0.3, -0.25) is 19.5 Å². The van der Waals surface area contributed by atoms with E-state index in [9.17, 15) is 20.2 Å². The molecule has 5 aromatic carbocycles. The number of imidazole rings is 1. The fourth-order valence-electron chi connectivity index (χ4n) is 9.69. The first-order chi connectivity index (χ1) is 38.8. The van der Waals surface area contributed by atoms with E-state index in [0.717, 1.165) is 22.3 Å². The van der Waals surface area contributed by atoms with E-state index in [1.165, 1.54) is 12.1 Å². The minimum Gasteiger partial charge on any atom is -0.497 e. The third-order valence-corrected chi connectivity index (χ3v) is 15.6. The summed E-state index contributed by atoms with van der Waals surface area (Å²) < 4.78 is 66.4. The van der Waals surface area contributed by atoms with Crippen molar-refractivity contribution in [3.63, 3.8) is 0 Å². The summed E-state index contributed by atoms with van der Waals surface area (Å²) in [5.41, 5.74) is 2.40. The van der Waals surface area contributed by atoms with Gasteiger partial charge >= 0.3 is 5.97 Å². The highest BCUT2D eigenvalue weighted by Gasteiger charge is 2.45. The SMILES string of the molecule is COc1ccc(C(OC[C@H]2O[C@@H](n3cnc4c(OC(C)c5cc6c(cc5[N+](=O)[O-])OCO6)nc(NCC(=O)OCc5ccccc5)nc43)C[C@@H]2OP(OCCC#N)N(C(C)C)C(C)C)(c2ccccc2)c2ccc(OC)cc2)cc1. The van der Waals surface area contributed by atoms with E-state index in [4.69, 9.17) is 56.9 Å². The molecule has 0 amide bonds. The number of rotatable bonds is 26. The maximum absolute atomic E-state index is 13.2. The van der Waals surface area contributed by atoms with Crippen LogP contribution in [0, 0.1) is 21.4 Å². The molecule has 2 aliphatic heterocycles. The van der Waals surface area contributed by atoms with Crippen molar-refractivity contribution in [2.45, 2.75) is 96.3 Å². The Bertz CT molecular complexity index is 3200. The second kappa shape index (κ2) is 25.9. The molecule has 2 aliphatic rings. The zero-order valence-corrected chi connectivity index (χ0v) is 46.3. The lowest BCUT2D eigenvalue weighted by Crippen LogP contribution is -2.39. The minimum atomic E-state index is -1.80. The summed E-state index contributed by atoms with van der Waals surface area (Å²) in [5.74, 6) is 1.22. The monoisotopic (exact) mass is 1110 g/mol. The van der Waals surface area contributed by atoms with E-state index in [-0.39, 0.29) is 98.1 Å². The number of nitro benzene ring substituents is 1. The van der Waals surface area contributed by atoms with Crippen LogP contribution in [-0.4, -0.2) is 100 Å². The van der Waals surface area contributed by atoms with Crippen LogP contribution >= 0.6 is 8.53 Å². The first-order valence-corrected chi connectivity index (χ1v) is 27.2. The normalized spacial score (nSPS) is 16.6. The summed E-state index contributed by atoms with van der Waals surface area (Å²) in [5, 5.41) is 25.0. The van der Waals surface area contributed by atoms with Gasteiger partial charge in [0, 0.05) is 18.5 Å². The Labute approximate surface area is 464 Å². The fourth-order valence-corrected chi connectivity index (χ4v) is 11.4. The number of hydrogen-bond donors (Lipinski definition) is 1. The van der Waals surface area contributed by atoms with E-state index in [1.54, 1.807) is 32.0 Å². The third kappa shape index (κ3) is 12.7. The van der Waals surface area contributed by atoms with E-state index in [1.807, 2.05) is 109 Å². The number of nitro groups is 1. The van der Waals surface area contributed by atoms with Crippen LogP contribution in [0.3, 0.4) is 0 Å². The van der Waals surface area contributed by atoms with Gasteiger partial charge < -0.3 is 52.3 Å². The largest absolute Gasteiger partial charge is 0.497 e. The molecule has 9 rings (SSSR count). The second-order valence-electron chi connectivity index (χ2n) is 19.3. The predicted molar refractivity (Wildman–Crippen MR) is 295 cm³/mol. The number of carbonyl (C=O) groups excluding carboxylic acids is 1. The van der Waals surface area contributed by atoms with Crippen molar-refractivity contribution in [1.29, 1.82) is 5.26 Å². The van der Waals surface area contributed by atoms with E-state index < -0.39 is 49.6 Å². The number of hydrogen-bond acceptors (Lipinski definition) is 19. The molecule has 5 atom stereocenters. The maximum atomic E-state index is 13.2. The van der Waals surface area contributed by atoms with Gasteiger partial charge in [0.1, 0.15) is 48.7 Å². The number of benzene rings is 5. The zero-order chi connectivity index (χ0) is 56.3. The maximum Gasteiger partial charge on any atom is 0.325 e. The van der Waals surface area contributed by atoms with Crippen molar-refractivity contribution in [3.8, 4) is 34.9 Å². The van der Waals surface area contributed by atoms with E-state index in [2.05, 4.69) is 48.7 Å². The number of nitriles is 1. The number of fused-ring (bicyclic) bond motifs is 2. The molecule has 7 aromatic rings. The lowest BCUT2D eigenvalue weighted by molar-refractivity contribution is -0.386. The molecule has 2 aromatic heterocycles. The molecule has 21 nitrogen and oxygen atoms in total. The second-order valence-corrected chi connectivity index (χ2v) is 20.7. The van der Waals surface area contributed by atoms with Crippen LogP contribution in [-0.2, 0) is 40.3 Å². The molecule has 1 saturated heterocycles. The smallest absolute Gasteiger partial charge is 0.325 e. The molecule has 0 radical (unpaired) electrons. The molecule has 0 saturated carbocycles. The standard InChI is InChI=1S/C58H63N8O13P/c1-37(2)65(38(3)4)80(76-28-14-27-59)79-50-31-52(78-51(50)34-75-58(41-17-12-9-13-18-41,42-19-23-44(70-6)24-20-42)43-21-25-45(71-7)26-22-43)64-35-61-54-55(64)62-57(60-32-53(67)72-33-40-15-10-8-11-16-40)63-56(54)77-39(5)46-29-48-49(74-36-73-48)30-47(46)66(68)69/h8-13,15-26,29-30,35,37-39,50-52H,14,28,31-34,36H2,1-7H3,(H,60,62,63)/t39?,50-,51+,52+,80?/m0/s1. The van der Waals surface area contributed by atoms with Crippen molar-refractivity contribution < 1.29 is 56.7 Å². The summed E-state index contributed by atoms with van der Waals surface area (Å²) in [6.45, 7) is 9.63. The van der Waals surface area contributed by atoms with Crippen LogP contribution in [0.5, 0.6) is 28.9 Å². The molecule has 0 bridgehead atoms. The van der Waals surface area contributed by atoms with Crippen molar-refractivity contribution in [2.24, 2.45) is 0 Å². The molecule has 0 aliphatic carbocycles. The van der Waals surface area contributed by atoms with Gasteiger partial charge in [-0.2, -0.15) is 15.2 Å². The molecule has 1 N–H and O–H groups in total. The van der Waals surface area contributed by atoms with Crippen molar-refractivity contribution in [1.82, 2.24) is 24.2 Å². The average molecular weight is 1110 g/mol. The van der Waals surface area contributed by atoms with Crippen molar-refractivity contribution >= 4 is 37.3 Å². The first kappa shape index (κ1) is 56.7. The first-order valence-electron chi connectivity index (χ1n) is 26.1. The Morgan fingerprint density at radius 1 is 0.887 bits per heavy atom. The number of esters is 1. The molecule has 1 fully saturated rings. The number of anilines is 1. The molecular weight excluding hydrogens is 1050 g/mol. The summed E-state index contributed by atoms with van der Waals surface area (Å²) in [6, 6.07) is 39.6. The molecule has 4 heterocycles. The third-order valence-electron chi connectivity index (χ3n) is 13.5. The van der Waals surface area contributed by atoms with Crippen LogP contribution in [0.4, 0.5) is 11.6 Å². The number of nitrogens with one attached hydrogen (secondary N) is 1. The molecule has 0 spiro atoms. The van der Waals surface area contributed by atoms with Gasteiger partial charge in [-0.1, -0.05) is 84.9 Å². The van der Waals surface area contributed by atoms with Crippen LogP contribution < -0.4 is 29.0 Å². The highest BCUT2D eigenvalue weighted by molar-refractivity contribution is 7.44. The lowest BCUT2D eigenvalue weighted by Gasteiger charge is -2.39. The highest BCUT2D eigenvalue weighted by Crippen LogP contribution is 2.51. The molecule has 2 unspecified atom stereocenters. The lowest BCUT2D eigenvalue weighted by atomic mass is 9.80. The van der Waals surface area contributed by atoms with Crippen LogP contribution in [0.2, 0.25) is 0 Å². The van der Waals surface area contributed by atoms with Gasteiger partial charge in [0.05, 0.1) is 68.9 Å². The van der Waals surface area contributed by atoms with Crippen LogP contribution in [0.25, 0.3) is 11.2 Å². The van der Waals surface area contributed by atoms with Crippen molar-refractivity contribution in [3.05, 3.63) is 166 Å². The molecular formula is C58H63N8O13P. The number of ether oxygens (including phenoxy) is 8. The Hall–Kier alpha value is -7.96. The number of nitrogens with zero attached hydrogens (tertiary/aromatic N) is 7. The van der Waals surface area contributed by atoms with Crippen LogP contribution in [0.15, 0.2) is 128 Å². The number of aromatic nitrogens is 4. The van der Waals surface area contributed by atoms with Gasteiger partial charge in [0.25, 0.3) is 14.2 Å². The van der Waals surface area contributed by atoms with Gasteiger partial charge in [-0.05, 0) is 87.2 Å². The van der Waals surface area contributed by atoms with E-state index in [0.29, 0.717) is 17.2 Å². The van der Waals surface area contributed by atoms with E-state index >= 15 is 0 Å². The topological polar surface area (TPSA) is 235 Å². The predicted octanol–water partition coefficient (Wildman–Crippen LogP) is 10.7. The Morgan fingerprint density at radius 3 is 2.12 bits per heavy atom. The highest BCUT2D eigenvalue weighted by atomic mass is 31.2. The molecule has 22 heteroatoms. The van der Waals surface area contributed by atoms with Crippen LogP contribution in [0.1, 0.15) is 87.6 Å². The fraction of sp³-hybridized carbons (Fsp3) is 0.362. The number of methoxy groups -OCH3 is 2. The van der Waals surface area contributed by atoms with Crippen molar-refractivity contribution in [2.75, 3.05) is 46.1 Å². The summed E-state index contributed by atoms with van der Waals surface area (Å²) in [7, 11) is 1.44. The number of carbonyl (C=O) groups is 1. The zero-order valence-electron chi connectivity index (χ0n) is 45.4. The quantitative estimate of drug-likeness (QED) is 0.0132. The Morgan fingerprint density at radius 2 is 1.51 bits per heavy atom. The van der Waals surface area contributed by atoms with Gasteiger partial charge in [0.15, 0.2) is 22.7 Å². The average Bonchev–Trinajstić information content (AvgIpc) is 4.23.